The monoisotopic (exact) mass is 530 g/mol. The Morgan fingerprint density at radius 2 is 1.92 bits per heavy atom. The SMILES string of the molecule is C[C@]12CC[C@H](OC(=O)NCCN3CCOCC3)C[C@H]1CC[C@@H]1[C@@H]2CC[C@]2(C)[C@@H](C3=CC(=O)OC3)CC[C@]12O. The predicted molar refractivity (Wildman–Crippen MR) is 141 cm³/mol. The van der Waals surface area contributed by atoms with Gasteiger partial charge in [0.25, 0.3) is 0 Å². The molecule has 8 atom stereocenters. The smallest absolute Gasteiger partial charge is 0.407 e. The van der Waals surface area contributed by atoms with E-state index >= 15 is 0 Å². The Balaban J connectivity index is 1.06. The van der Waals surface area contributed by atoms with Gasteiger partial charge >= 0.3 is 12.1 Å². The van der Waals surface area contributed by atoms with Crippen LogP contribution in [0.15, 0.2) is 11.6 Å². The Hall–Kier alpha value is -1.64. The average Bonchev–Trinajstić information content (AvgIpc) is 3.44. The summed E-state index contributed by atoms with van der Waals surface area (Å²) < 4.78 is 16.5. The van der Waals surface area contributed by atoms with Crippen molar-refractivity contribution in [1.29, 1.82) is 0 Å². The Kier molecular flexibility index (Phi) is 7.05. The van der Waals surface area contributed by atoms with E-state index in [1.165, 1.54) is 0 Å². The molecule has 0 radical (unpaired) electrons. The first-order chi connectivity index (χ1) is 18.2. The number of nitrogens with one attached hydrogen (secondary N) is 1. The van der Waals surface area contributed by atoms with Crippen LogP contribution in [-0.4, -0.2) is 79.8 Å². The summed E-state index contributed by atoms with van der Waals surface area (Å²) in [6, 6.07) is 0. The number of nitrogens with zero attached hydrogens (tertiary/aromatic N) is 1. The van der Waals surface area contributed by atoms with E-state index in [1.54, 1.807) is 6.08 Å². The molecule has 0 bridgehead atoms. The van der Waals surface area contributed by atoms with Crippen molar-refractivity contribution in [3.05, 3.63) is 11.6 Å². The highest BCUT2D eigenvalue weighted by Crippen LogP contribution is 2.70. The molecule has 0 unspecified atom stereocenters. The van der Waals surface area contributed by atoms with Crippen molar-refractivity contribution >= 4 is 12.1 Å². The Labute approximate surface area is 226 Å². The van der Waals surface area contributed by atoms with Crippen molar-refractivity contribution in [2.75, 3.05) is 46.0 Å². The van der Waals surface area contributed by atoms with Gasteiger partial charge in [-0.3, -0.25) is 4.90 Å². The van der Waals surface area contributed by atoms with Crippen LogP contribution in [0.4, 0.5) is 4.79 Å². The minimum Gasteiger partial charge on any atom is -0.458 e. The van der Waals surface area contributed by atoms with Gasteiger partial charge in [-0.1, -0.05) is 13.8 Å². The lowest BCUT2D eigenvalue weighted by molar-refractivity contribution is -0.208. The van der Waals surface area contributed by atoms with Gasteiger partial charge in [0.15, 0.2) is 0 Å². The van der Waals surface area contributed by atoms with Gasteiger partial charge in [0, 0.05) is 37.7 Å². The van der Waals surface area contributed by atoms with Gasteiger partial charge in [0.2, 0.25) is 0 Å². The van der Waals surface area contributed by atoms with Crippen LogP contribution >= 0.6 is 0 Å². The molecule has 0 aromatic heterocycles. The van der Waals surface area contributed by atoms with Gasteiger partial charge in [-0.25, -0.2) is 9.59 Å². The van der Waals surface area contributed by atoms with Crippen molar-refractivity contribution in [3.8, 4) is 0 Å². The number of ether oxygens (including phenoxy) is 3. The molecule has 38 heavy (non-hydrogen) atoms. The van der Waals surface area contributed by atoms with Crippen molar-refractivity contribution < 1.29 is 28.9 Å². The van der Waals surface area contributed by atoms with E-state index in [9.17, 15) is 14.7 Å². The number of cyclic esters (lactones) is 1. The van der Waals surface area contributed by atoms with Crippen LogP contribution in [0.1, 0.15) is 71.6 Å². The zero-order chi connectivity index (χ0) is 26.5. The fourth-order valence-electron chi connectivity index (χ4n) is 9.81. The summed E-state index contributed by atoms with van der Waals surface area (Å²) in [6.07, 6.45) is 10.3. The van der Waals surface area contributed by atoms with Crippen molar-refractivity contribution in [1.82, 2.24) is 10.2 Å². The maximum Gasteiger partial charge on any atom is 0.407 e. The summed E-state index contributed by atoms with van der Waals surface area (Å²) in [6.45, 7) is 9.93. The fourth-order valence-corrected chi connectivity index (χ4v) is 9.81. The molecule has 212 valence electrons. The number of hydrogen-bond acceptors (Lipinski definition) is 7. The van der Waals surface area contributed by atoms with E-state index in [2.05, 4.69) is 24.1 Å². The van der Waals surface area contributed by atoms with Gasteiger partial charge < -0.3 is 24.6 Å². The number of aliphatic hydroxyl groups is 1. The first-order valence-electron chi connectivity index (χ1n) is 15.1. The Morgan fingerprint density at radius 3 is 2.68 bits per heavy atom. The molecule has 6 aliphatic rings. The molecular formula is C30H46N2O6. The molecular weight excluding hydrogens is 484 g/mol. The van der Waals surface area contributed by atoms with Gasteiger partial charge in [-0.05, 0) is 92.4 Å². The number of esters is 1. The standard InChI is InChI=1S/C30H46N2O6/c1-28-8-5-22(38-27(34)31-11-12-32-13-15-36-16-14-32)18-21(28)3-4-25-24(28)6-9-29(2)23(7-10-30(25,29)35)20-17-26(33)37-19-20/h17,21-25,35H,3-16,18-19H2,1-2H3,(H,31,34)/t21-,22+,23-,24+,25-,28+,29-,30+/m1/s1. The van der Waals surface area contributed by atoms with E-state index < -0.39 is 5.60 Å². The van der Waals surface area contributed by atoms with Gasteiger partial charge in [0.05, 0.1) is 18.8 Å². The zero-order valence-electron chi connectivity index (χ0n) is 23.2. The normalized spacial score (nSPS) is 44.9. The molecule has 2 aliphatic heterocycles. The van der Waals surface area contributed by atoms with E-state index in [1.807, 2.05) is 0 Å². The molecule has 1 amide bonds. The molecule has 0 spiro atoms. The number of carbonyl (C=O) groups is 2. The number of fused-ring (bicyclic) bond motifs is 5. The second kappa shape index (κ2) is 10.1. The number of rotatable bonds is 5. The number of carbonyl (C=O) groups excluding carboxylic acids is 2. The van der Waals surface area contributed by atoms with Crippen LogP contribution in [0, 0.1) is 34.5 Å². The molecule has 5 fully saturated rings. The minimum atomic E-state index is -0.686. The maximum absolute atomic E-state index is 12.5. The van der Waals surface area contributed by atoms with E-state index in [0.29, 0.717) is 30.9 Å². The average molecular weight is 531 g/mol. The van der Waals surface area contributed by atoms with Crippen LogP contribution < -0.4 is 5.32 Å². The summed E-state index contributed by atoms with van der Waals surface area (Å²) in [7, 11) is 0. The molecule has 2 heterocycles. The van der Waals surface area contributed by atoms with Crippen molar-refractivity contribution in [2.45, 2.75) is 83.3 Å². The molecule has 2 N–H and O–H groups in total. The number of alkyl carbamates (subject to hydrolysis) is 1. The van der Waals surface area contributed by atoms with Gasteiger partial charge in [0.1, 0.15) is 12.7 Å². The molecule has 8 nitrogen and oxygen atoms in total. The lowest BCUT2D eigenvalue weighted by atomic mass is 9.43. The summed E-state index contributed by atoms with van der Waals surface area (Å²) in [5.74, 6) is 1.32. The second-order valence-electron chi connectivity index (χ2n) is 13.5. The van der Waals surface area contributed by atoms with E-state index in [4.69, 9.17) is 14.2 Å². The Bertz CT molecular complexity index is 964. The summed E-state index contributed by atoms with van der Waals surface area (Å²) in [4.78, 5) is 26.6. The minimum absolute atomic E-state index is 0.0207. The third-order valence-corrected chi connectivity index (χ3v) is 12.0. The van der Waals surface area contributed by atoms with Crippen LogP contribution in [0.25, 0.3) is 0 Å². The molecule has 0 aromatic rings. The third kappa shape index (κ3) is 4.39. The second-order valence-corrected chi connectivity index (χ2v) is 13.5. The Morgan fingerprint density at radius 1 is 1.11 bits per heavy atom. The van der Waals surface area contributed by atoms with E-state index in [0.717, 1.165) is 96.2 Å². The fraction of sp³-hybridized carbons (Fsp3) is 0.867. The molecule has 4 aliphatic carbocycles. The molecule has 6 rings (SSSR count). The lowest BCUT2D eigenvalue weighted by Gasteiger charge is -2.63. The highest BCUT2D eigenvalue weighted by atomic mass is 16.6. The molecule has 8 heteroatoms. The van der Waals surface area contributed by atoms with Gasteiger partial charge in [-0.15, -0.1) is 0 Å². The molecule has 1 saturated heterocycles. The first-order valence-corrected chi connectivity index (χ1v) is 15.1. The van der Waals surface area contributed by atoms with Crippen molar-refractivity contribution in [2.24, 2.45) is 34.5 Å². The van der Waals surface area contributed by atoms with Crippen LogP contribution in [-0.2, 0) is 19.0 Å². The summed E-state index contributed by atoms with van der Waals surface area (Å²) in [5.41, 5.74) is 0.384. The van der Waals surface area contributed by atoms with Crippen molar-refractivity contribution in [3.63, 3.8) is 0 Å². The molecule has 0 aromatic carbocycles. The largest absolute Gasteiger partial charge is 0.458 e. The quantitative estimate of drug-likeness (QED) is 0.524. The van der Waals surface area contributed by atoms with Crippen LogP contribution in [0.2, 0.25) is 0 Å². The summed E-state index contributed by atoms with van der Waals surface area (Å²) >= 11 is 0. The maximum atomic E-state index is 12.5. The number of amides is 1. The lowest BCUT2D eigenvalue weighted by Crippen LogP contribution is -2.62. The third-order valence-electron chi connectivity index (χ3n) is 12.0. The predicted octanol–water partition coefficient (Wildman–Crippen LogP) is 3.67. The number of morpholine rings is 1. The topological polar surface area (TPSA) is 97.3 Å². The first kappa shape index (κ1) is 26.6. The van der Waals surface area contributed by atoms with Gasteiger partial charge in [-0.2, -0.15) is 0 Å². The molecule has 4 saturated carbocycles. The van der Waals surface area contributed by atoms with E-state index in [-0.39, 0.29) is 34.9 Å². The summed E-state index contributed by atoms with van der Waals surface area (Å²) in [5, 5.41) is 15.3. The van der Waals surface area contributed by atoms with Crippen LogP contribution in [0.3, 0.4) is 0 Å². The van der Waals surface area contributed by atoms with Crippen LogP contribution in [0.5, 0.6) is 0 Å². The highest BCUT2D eigenvalue weighted by molar-refractivity contribution is 5.85. The zero-order valence-corrected chi connectivity index (χ0v) is 23.2. The highest BCUT2D eigenvalue weighted by Gasteiger charge is 2.67. The number of hydrogen-bond donors (Lipinski definition) is 2.